The van der Waals surface area contributed by atoms with E-state index in [-0.39, 0.29) is 0 Å². The quantitative estimate of drug-likeness (QED) is 0.609. The van der Waals surface area contributed by atoms with E-state index < -0.39 is 9.28 Å². The summed E-state index contributed by atoms with van der Waals surface area (Å²) >= 11 is 0. The monoisotopic (exact) mass is 197 g/mol. The van der Waals surface area contributed by atoms with E-state index in [1.165, 1.54) is 5.57 Å². The lowest BCUT2D eigenvalue weighted by Gasteiger charge is -2.13. The molecule has 0 amide bonds. The molecular weight excluding hydrogens is 180 g/mol. The van der Waals surface area contributed by atoms with Crippen LogP contribution >= 0.6 is 0 Å². The summed E-state index contributed by atoms with van der Waals surface area (Å²) in [5.74, 6) is 0. The van der Waals surface area contributed by atoms with Crippen LogP contribution in [0, 0.1) is 0 Å². The van der Waals surface area contributed by atoms with Gasteiger partial charge >= 0.3 is 9.28 Å². The summed E-state index contributed by atoms with van der Waals surface area (Å²) in [6, 6.07) is 0.999. The van der Waals surface area contributed by atoms with Crippen molar-refractivity contribution < 1.29 is 8.85 Å². The minimum atomic E-state index is -1.04. The Labute approximate surface area is 82.1 Å². The first-order valence-electron chi connectivity index (χ1n) is 4.82. The zero-order chi connectivity index (χ0) is 9.52. The van der Waals surface area contributed by atoms with Gasteiger partial charge in [-0.3, -0.25) is 0 Å². The Morgan fingerprint density at radius 3 is 2.46 bits per heavy atom. The Morgan fingerprint density at radius 1 is 1.31 bits per heavy atom. The molecule has 0 heterocycles. The molecular formula is C10H17O2Si. The maximum Gasteiger partial charge on any atom is 0.389 e. The molecule has 0 N–H and O–H groups in total. The van der Waals surface area contributed by atoms with Crippen molar-refractivity contribution in [2.24, 2.45) is 0 Å². The van der Waals surface area contributed by atoms with Crippen molar-refractivity contribution in [3.05, 3.63) is 23.8 Å². The van der Waals surface area contributed by atoms with Gasteiger partial charge in [-0.25, -0.2) is 0 Å². The maximum absolute atomic E-state index is 5.56. The van der Waals surface area contributed by atoms with E-state index in [1.54, 1.807) is 0 Å². The summed E-state index contributed by atoms with van der Waals surface area (Å²) in [5, 5.41) is 0. The molecule has 0 aliphatic heterocycles. The molecule has 2 nitrogen and oxygen atoms in total. The highest BCUT2D eigenvalue weighted by atomic mass is 28.3. The Bertz CT molecular complexity index is 193. The molecule has 1 aliphatic carbocycles. The maximum atomic E-state index is 5.56. The third-order valence-electron chi connectivity index (χ3n) is 1.83. The number of rotatable bonds is 6. The summed E-state index contributed by atoms with van der Waals surface area (Å²) < 4.78 is 11.1. The molecule has 0 atom stereocenters. The summed E-state index contributed by atoms with van der Waals surface area (Å²) in [6.45, 7) is 5.56. The lowest BCUT2D eigenvalue weighted by Crippen LogP contribution is -2.23. The zero-order valence-electron chi connectivity index (χ0n) is 8.38. The van der Waals surface area contributed by atoms with Gasteiger partial charge in [-0.1, -0.05) is 23.8 Å². The standard InChI is InChI=1S/C10H17O2Si/c1-3-11-13(12-4-2)9-10-7-5-6-8-10/h5-7H,3-4,8-9H2,1-2H3. The molecule has 1 aliphatic rings. The molecule has 0 fully saturated rings. The van der Waals surface area contributed by atoms with Gasteiger partial charge in [0.2, 0.25) is 0 Å². The Balaban J connectivity index is 2.28. The van der Waals surface area contributed by atoms with Crippen molar-refractivity contribution in [2.45, 2.75) is 26.3 Å². The highest BCUT2D eigenvalue weighted by Gasteiger charge is 2.16. The first-order chi connectivity index (χ1) is 6.36. The molecule has 0 bridgehead atoms. The van der Waals surface area contributed by atoms with E-state index in [0.717, 1.165) is 25.7 Å². The molecule has 0 aromatic rings. The molecule has 3 heteroatoms. The van der Waals surface area contributed by atoms with E-state index in [1.807, 2.05) is 13.8 Å². The van der Waals surface area contributed by atoms with Crippen molar-refractivity contribution >= 4 is 9.28 Å². The van der Waals surface area contributed by atoms with Crippen LogP contribution in [0.5, 0.6) is 0 Å². The van der Waals surface area contributed by atoms with E-state index in [4.69, 9.17) is 8.85 Å². The van der Waals surface area contributed by atoms with Crippen molar-refractivity contribution in [1.82, 2.24) is 0 Å². The van der Waals surface area contributed by atoms with Gasteiger partial charge in [-0.15, -0.1) is 0 Å². The normalized spacial score (nSPS) is 15.5. The van der Waals surface area contributed by atoms with Crippen LogP contribution in [-0.2, 0) is 8.85 Å². The molecule has 0 spiro atoms. The van der Waals surface area contributed by atoms with Gasteiger partial charge in [-0.05, 0) is 20.3 Å². The Morgan fingerprint density at radius 2 is 2.00 bits per heavy atom. The largest absolute Gasteiger partial charge is 0.393 e. The average Bonchev–Trinajstić information content (AvgIpc) is 2.58. The van der Waals surface area contributed by atoms with Crippen LogP contribution in [0.25, 0.3) is 0 Å². The van der Waals surface area contributed by atoms with Gasteiger partial charge in [-0.2, -0.15) is 0 Å². The number of allylic oxidation sites excluding steroid dienone is 4. The predicted molar refractivity (Wildman–Crippen MR) is 55.7 cm³/mol. The molecule has 73 valence electrons. The highest BCUT2D eigenvalue weighted by molar-refractivity contribution is 6.45. The van der Waals surface area contributed by atoms with Crippen LogP contribution in [0.3, 0.4) is 0 Å². The van der Waals surface area contributed by atoms with Gasteiger partial charge in [0.1, 0.15) is 0 Å². The number of hydrogen-bond acceptors (Lipinski definition) is 2. The van der Waals surface area contributed by atoms with Crippen molar-refractivity contribution in [3.8, 4) is 0 Å². The third-order valence-corrected chi connectivity index (χ3v) is 3.79. The Hall–Kier alpha value is -0.383. The summed E-state index contributed by atoms with van der Waals surface area (Å²) in [7, 11) is -1.04. The summed E-state index contributed by atoms with van der Waals surface area (Å²) in [5.41, 5.74) is 1.44. The molecule has 0 aromatic heterocycles. The van der Waals surface area contributed by atoms with Crippen LogP contribution in [-0.4, -0.2) is 22.5 Å². The van der Waals surface area contributed by atoms with Crippen LogP contribution < -0.4 is 0 Å². The smallest absolute Gasteiger partial charge is 0.389 e. The molecule has 0 unspecified atom stereocenters. The van der Waals surface area contributed by atoms with Crippen molar-refractivity contribution in [3.63, 3.8) is 0 Å². The zero-order valence-corrected chi connectivity index (χ0v) is 9.38. The fourth-order valence-corrected chi connectivity index (χ4v) is 2.84. The number of hydrogen-bond donors (Lipinski definition) is 0. The molecule has 1 rings (SSSR count). The van der Waals surface area contributed by atoms with Gasteiger partial charge in [0.05, 0.1) is 0 Å². The minimum Gasteiger partial charge on any atom is -0.393 e. The van der Waals surface area contributed by atoms with Crippen LogP contribution in [0.4, 0.5) is 0 Å². The van der Waals surface area contributed by atoms with Crippen molar-refractivity contribution in [2.75, 3.05) is 13.2 Å². The first-order valence-corrected chi connectivity index (χ1v) is 6.35. The Kier molecular flexibility index (Phi) is 5.04. The SMILES string of the molecule is CCO[Si](CC1=CC=CC1)OCC. The van der Waals surface area contributed by atoms with Gasteiger partial charge in [0.25, 0.3) is 0 Å². The van der Waals surface area contributed by atoms with E-state index in [2.05, 4.69) is 18.2 Å². The van der Waals surface area contributed by atoms with Crippen LogP contribution in [0.15, 0.2) is 23.8 Å². The topological polar surface area (TPSA) is 18.5 Å². The molecule has 13 heavy (non-hydrogen) atoms. The summed E-state index contributed by atoms with van der Waals surface area (Å²) in [4.78, 5) is 0. The van der Waals surface area contributed by atoms with Gasteiger partial charge in [0.15, 0.2) is 0 Å². The second-order valence-electron chi connectivity index (χ2n) is 2.87. The molecule has 0 aromatic carbocycles. The second kappa shape index (κ2) is 6.13. The third kappa shape index (κ3) is 3.89. The van der Waals surface area contributed by atoms with Gasteiger partial charge in [0, 0.05) is 19.3 Å². The first kappa shape index (κ1) is 10.7. The second-order valence-corrected chi connectivity index (χ2v) is 4.55. The van der Waals surface area contributed by atoms with E-state index >= 15 is 0 Å². The molecule has 0 saturated heterocycles. The lowest BCUT2D eigenvalue weighted by atomic mass is 10.3. The lowest BCUT2D eigenvalue weighted by molar-refractivity contribution is 0.215. The predicted octanol–water partition coefficient (Wildman–Crippen LogP) is 2.43. The van der Waals surface area contributed by atoms with Crippen LogP contribution in [0.1, 0.15) is 20.3 Å². The fraction of sp³-hybridized carbons (Fsp3) is 0.600. The van der Waals surface area contributed by atoms with Crippen molar-refractivity contribution in [1.29, 1.82) is 0 Å². The molecule has 1 radical (unpaired) electrons. The highest BCUT2D eigenvalue weighted by Crippen LogP contribution is 2.17. The molecule has 0 saturated carbocycles. The van der Waals surface area contributed by atoms with Crippen LogP contribution in [0.2, 0.25) is 6.04 Å². The van der Waals surface area contributed by atoms with Gasteiger partial charge < -0.3 is 8.85 Å². The summed E-state index contributed by atoms with van der Waals surface area (Å²) in [6.07, 6.45) is 7.52. The van der Waals surface area contributed by atoms with E-state index in [0.29, 0.717) is 0 Å². The minimum absolute atomic E-state index is 0.759. The van der Waals surface area contributed by atoms with E-state index in [9.17, 15) is 0 Å². The fourth-order valence-electron chi connectivity index (χ4n) is 1.27. The average molecular weight is 197 g/mol.